The topological polar surface area (TPSA) is 32.7 Å². The fourth-order valence-corrected chi connectivity index (χ4v) is 2.44. The fraction of sp³-hybridized carbons (Fsp3) is 0.538. The minimum Gasteiger partial charge on any atom is -0.508 e. The third-order valence-corrected chi connectivity index (χ3v) is 3.32. The Morgan fingerprint density at radius 1 is 1.50 bits per heavy atom. The van der Waals surface area contributed by atoms with Crippen molar-refractivity contribution >= 4 is 5.69 Å². The molecule has 1 atom stereocenters. The van der Waals surface area contributed by atoms with Crippen LogP contribution in [0.4, 0.5) is 5.69 Å². The molecule has 88 valence electrons. The summed E-state index contributed by atoms with van der Waals surface area (Å²) in [6.07, 6.45) is 2.37. The zero-order chi connectivity index (χ0) is 11.5. The summed E-state index contributed by atoms with van der Waals surface area (Å²) in [4.78, 5) is 2.35. The molecule has 0 radical (unpaired) electrons. The maximum atomic E-state index is 9.72. The first kappa shape index (κ1) is 11.3. The summed E-state index contributed by atoms with van der Waals surface area (Å²) >= 11 is 0. The molecule has 1 aliphatic heterocycles. The van der Waals surface area contributed by atoms with Gasteiger partial charge < -0.3 is 14.7 Å². The molecule has 1 aliphatic rings. The third kappa shape index (κ3) is 2.00. The molecule has 2 rings (SSSR count). The standard InChI is InChI=1S/C13H19NO2/c1-10-12(6-3-7-13(10)15)14-8-4-5-11(14)9-16-2/h3,6-7,11,15H,4-5,8-9H2,1-2H3. The molecule has 1 unspecified atom stereocenters. The van der Waals surface area contributed by atoms with Gasteiger partial charge in [-0.2, -0.15) is 0 Å². The van der Waals surface area contributed by atoms with E-state index in [0.29, 0.717) is 11.8 Å². The Labute approximate surface area is 96.6 Å². The minimum atomic E-state index is 0.376. The summed E-state index contributed by atoms with van der Waals surface area (Å²) < 4.78 is 5.24. The lowest BCUT2D eigenvalue weighted by Gasteiger charge is -2.28. The van der Waals surface area contributed by atoms with Crippen molar-refractivity contribution in [3.05, 3.63) is 23.8 Å². The molecule has 16 heavy (non-hydrogen) atoms. The van der Waals surface area contributed by atoms with E-state index in [1.165, 1.54) is 12.8 Å². The van der Waals surface area contributed by atoms with E-state index in [9.17, 15) is 5.11 Å². The number of methoxy groups -OCH3 is 1. The summed E-state index contributed by atoms with van der Waals surface area (Å²) in [7, 11) is 1.74. The van der Waals surface area contributed by atoms with Crippen LogP contribution < -0.4 is 4.90 Å². The van der Waals surface area contributed by atoms with Crippen LogP contribution in [0.2, 0.25) is 0 Å². The molecule has 1 saturated heterocycles. The van der Waals surface area contributed by atoms with Gasteiger partial charge >= 0.3 is 0 Å². The molecule has 0 aromatic heterocycles. The Morgan fingerprint density at radius 3 is 3.06 bits per heavy atom. The molecule has 0 bridgehead atoms. The number of benzene rings is 1. The van der Waals surface area contributed by atoms with Gasteiger partial charge in [0.25, 0.3) is 0 Å². The summed E-state index contributed by atoms with van der Waals surface area (Å²) in [6, 6.07) is 6.16. The first-order valence-corrected chi connectivity index (χ1v) is 5.78. The molecule has 1 N–H and O–H groups in total. The van der Waals surface area contributed by atoms with E-state index in [1.807, 2.05) is 13.0 Å². The lowest BCUT2D eigenvalue weighted by molar-refractivity contribution is 0.181. The van der Waals surface area contributed by atoms with Crippen molar-refractivity contribution < 1.29 is 9.84 Å². The van der Waals surface area contributed by atoms with Crippen LogP contribution in [0.1, 0.15) is 18.4 Å². The maximum Gasteiger partial charge on any atom is 0.120 e. The summed E-state index contributed by atoms with van der Waals surface area (Å²) in [5.41, 5.74) is 2.10. The summed E-state index contributed by atoms with van der Waals surface area (Å²) in [5.74, 6) is 0.376. The predicted octanol–water partition coefficient (Wildman–Crippen LogP) is 2.32. The highest BCUT2D eigenvalue weighted by Crippen LogP contribution is 2.32. The van der Waals surface area contributed by atoms with Gasteiger partial charge in [0, 0.05) is 24.9 Å². The average Bonchev–Trinajstić information content (AvgIpc) is 2.71. The van der Waals surface area contributed by atoms with Crippen LogP contribution in [0.25, 0.3) is 0 Å². The number of anilines is 1. The molecule has 3 nitrogen and oxygen atoms in total. The molecule has 1 aromatic carbocycles. The molecule has 0 spiro atoms. The number of ether oxygens (including phenoxy) is 1. The second-order valence-corrected chi connectivity index (χ2v) is 4.37. The molecular weight excluding hydrogens is 202 g/mol. The fourth-order valence-electron chi connectivity index (χ4n) is 2.44. The van der Waals surface area contributed by atoms with Crippen LogP contribution in [-0.4, -0.2) is 31.4 Å². The van der Waals surface area contributed by atoms with E-state index in [4.69, 9.17) is 4.74 Å². The van der Waals surface area contributed by atoms with Gasteiger partial charge in [0.2, 0.25) is 0 Å². The lowest BCUT2D eigenvalue weighted by Crippen LogP contribution is -2.33. The van der Waals surface area contributed by atoms with Gasteiger partial charge in [-0.05, 0) is 31.9 Å². The molecule has 3 heteroatoms. The van der Waals surface area contributed by atoms with Crippen molar-refractivity contribution in [3.8, 4) is 5.75 Å². The highest BCUT2D eigenvalue weighted by Gasteiger charge is 2.25. The predicted molar refractivity (Wildman–Crippen MR) is 65.1 cm³/mol. The monoisotopic (exact) mass is 221 g/mol. The summed E-state index contributed by atoms with van der Waals surface area (Å²) in [5, 5.41) is 9.72. The van der Waals surface area contributed by atoms with Crippen molar-refractivity contribution in [2.75, 3.05) is 25.2 Å². The Morgan fingerprint density at radius 2 is 2.31 bits per heavy atom. The Hall–Kier alpha value is -1.22. The van der Waals surface area contributed by atoms with Crippen molar-refractivity contribution in [2.45, 2.75) is 25.8 Å². The highest BCUT2D eigenvalue weighted by atomic mass is 16.5. The summed E-state index contributed by atoms with van der Waals surface area (Å²) in [6.45, 7) is 3.78. The smallest absolute Gasteiger partial charge is 0.120 e. The largest absolute Gasteiger partial charge is 0.508 e. The van der Waals surface area contributed by atoms with Crippen molar-refractivity contribution in [3.63, 3.8) is 0 Å². The Bertz CT molecular complexity index is 365. The number of phenolic OH excluding ortho intramolecular Hbond substituents is 1. The molecule has 0 saturated carbocycles. The molecule has 0 aliphatic carbocycles. The van der Waals surface area contributed by atoms with Crippen molar-refractivity contribution in [1.29, 1.82) is 0 Å². The highest BCUT2D eigenvalue weighted by molar-refractivity contribution is 5.59. The quantitative estimate of drug-likeness (QED) is 0.850. The second-order valence-electron chi connectivity index (χ2n) is 4.37. The van der Waals surface area contributed by atoms with Gasteiger partial charge in [-0.1, -0.05) is 6.07 Å². The van der Waals surface area contributed by atoms with Crippen molar-refractivity contribution in [1.82, 2.24) is 0 Å². The van der Waals surface area contributed by atoms with Crippen LogP contribution in [0.3, 0.4) is 0 Å². The van der Waals surface area contributed by atoms with Gasteiger partial charge in [-0.15, -0.1) is 0 Å². The number of nitrogens with zero attached hydrogens (tertiary/aromatic N) is 1. The zero-order valence-corrected chi connectivity index (χ0v) is 9.94. The van der Waals surface area contributed by atoms with Crippen LogP contribution in [-0.2, 0) is 4.74 Å². The number of rotatable bonds is 3. The van der Waals surface area contributed by atoms with Gasteiger partial charge in [-0.3, -0.25) is 0 Å². The van der Waals surface area contributed by atoms with Crippen LogP contribution in [0.5, 0.6) is 5.75 Å². The first-order valence-electron chi connectivity index (χ1n) is 5.78. The molecule has 0 amide bonds. The number of hydrogen-bond donors (Lipinski definition) is 1. The molecule has 1 heterocycles. The van der Waals surface area contributed by atoms with E-state index in [1.54, 1.807) is 13.2 Å². The Kier molecular flexibility index (Phi) is 3.34. The number of hydrogen-bond acceptors (Lipinski definition) is 3. The van der Waals surface area contributed by atoms with Crippen LogP contribution >= 0.6 is 0 Å². The number of aromatic hydroxyl groups is 1. The number of phenols is 1. The maximum absolute atomic E-state index is 9.72. The van der Waals surface area contributed by atoms with E-state index < -0.39 is 0 Å². The van der Waals surface area contributed by atoms with E-state index >= 15 is 0 Å². The normalized spacial score (nSPS) is 20.4. The van der Waals surface area contributed by atoms with Gasteiger partial charge in [0.15, 0.2) is 0 Å². The lowest BCUT2D eigenvalue weighted by atomic mass is 10.1. The minimum absolute atomic E-state index is 0.376. The first-order chi connectivity index (χ1) is 7.74. The van der Waals surface area contributed by atoms with Gasteiger partial charge in [-0.25, -0.2) is 0 Å². The van der Waals surface area contributed by atoms with E-state index in [2.05, 4.69) is 11.0 Å². The zero-order valence-electron chi connectivity index (χ0n) is 9.94. The van der Waals surface area contributed by atoms with E-state index in [-0.39, 0.29) is 0 Å². The molecule has 1 fully saturated rings. The molecular formula is C13H19NO2. The van der Waals surface area contributed by atoms with Crippen LogP contribution in [0, 0.1) is 6.92 Å². The van der Waals surface area contributed by atoms with E-state index in [0.717, 1.165) is 24.4 Å². The molecule has 1 aromatic rings. The third-order valence-electron chi connectivity index (χ3n) is 3.32. The Balaban J connectivity index is 2.25. The van der Waals surface area contributed by atoms with Gasteiger partial charge in [0.05, 0.1) is 12.6 Å². The van der Waals surface area contributed by atoms with Gasteiger partial charge in [0.1, 0.15) is 5.75 Å². The van der Waals surface area contributed by atoms with Crippen molar-refractivity contribution in [2.24, 2.45) is 0 Å². The average molecular weight is 221 g/mol. The SMILES string of the molecule is COCC1CCCN1c1cccc(O)c1C. The second kappa shape index (κ2) is 4.74. The van der Waals surface area contributed by atoms with Crippen LogP contribution in [0.15, 0.2) is 18.2 Å².